The summed E-state index contributed by atoms with van der Waals surface area (Å²) < 4.78 is 26.9. The third-order valence-corrected chi connectivity index (χ3v) is 4.26. The molecule has 1 heterocycles. The molecule has 1 aliphatic heterocycles. The lowest BCUT2D eigenvalue weighted by Gasteiger charge is -2.22. The van der Waals surface area contributed by atoms with Crippen LogP contribution in [0, 0.1) is 17.0 Å². The van der Waals surface area contributed by atoms with Crippen LogP contribution in [-0.4, -0.2) is 43.5 Å². The van der Waals surface area contributed by atoms with E-state index in [1.807, 2.05) is 0 Å². The molecule has 0 radical (unpaired) electrons. The average molecular weight is 348 g/mol. The summed E-state index contributed by atoms with van der Waals surface area (Å²) in [4.78, 5) is 13.9. The second-order valence-electron chi connectivity index (χ2n) is 6.28. The lowest BCUT2D eigenvalue weighted by atomic mass is 9.90. The van der Waals surface area contributed by atoms with Crippen LogP contribution in [0.5, 0.6) is 0 Å². The van der Waals surface area contributed by atoms with Gasteiger partial charge in [-0.1, -0.05) is 13.0 Å². The monoisotopic (exact) mass is 347 g/mol. The Kier molecular flexibility index (Phi) is 7.38. The molecule has 0 spiro atoms. The fourth-order valence-corrected chi connectivity index (χ4v) is 2.78. The first-order valence-electron chi connectivity index (χ1n) is 7.55. The SMILES string of the molecule is CC1(CN)CCN(CC(=O)NCCc2c(F)cccc2F)C1.Cl. The maximum Gasteiger partial charge on any atom is 0.234 e. The molecule has 0 saturated carbocycles. The number of carbonyl (C=O) groups is 1. The van der Waals surface area contributed by atoms with E-state index in [1.165, 1.54) is 18.2 Å². The molecule has 0 bridgehead atoms. The summed E-state index contributed by atoms with van der Waals surface area (Å²) in [5, 5.41) is 2.71. The van der Waals surface area contributed by atoms with Crippen molar-refractivity contribution in [2.45, 2.75) is 19.8 Å². The van der Waals surface area contributed by atoms with Crippen molar-refractivity contribution in [2.24, 2.45) is 11.1 Å². The summed E-state index contributed by atoms with van der Waals surface area (Å²) in [6.45, 7) is 4.90. The molecule has 1 aromatic carbocycles. The van der Waals surface area contributed by atoms with E-state index in [-0.39, 0.29) is 42.3 Å². The highest BCUT2D eigenvalue weighted by molar-refractivity contribution is 5.85. The van der Waals surface area contributed by atoms with Gasteiger partial charge in [-0.2, -0.15) is 0 Å². The zero-order valence-electron chi connectivity index (χ0n) is 13.3. The molecule has 0 aliphatic carbocycles. The van der Waals surface area contributed by atoms with Crippen molar-refractivity contribution in [3.63, 3.8) is 0 Å². The maximum absolute atomic E-state index is 13.5. The summed E-state index contributed by atoms with van der Waals surface area (Å²) in [6.07, 6.45) is 1.13. The molecular formula is C16H24ClF2N3O. The van der Waals surface area contributed by atoms with Crippen LogP contribution < -0.4 is 11.1 Å². The summed E-state index contributed by atoms with van der Waals surface area (Å²) in [6, 6.07) is 3.77. The fraction of sp³-hybridized carbons (Fsp3) is 0.562. The number of amides is 1. The lowest BCUT2D eigenvalue weighted by molar-refractivity contribution is -0.122. The number of nitrogens with zero attached hydrogens (tertiary/aromatic N) is 1. The number of halogens is 3. The van der Waals surface area contributed by atoms with E-state index in [1.54, 1.807) is 0 Å². The van der Waals surface area contributed by atoms with Crippen LogP contribution in [0.15, 0.2) is 18.2 Å². The van der Waals surface area contributed by atoms with Crippen molar-refractivity contribution in [3.8, 4) is 0 Å². The third-order valence-electron chi connectivity index (χ3n) is 4.26. The first-order valence-corrected chi connectivity index (χ1v) is 7.55. The topological polar surface area (TPSA) is 58.4 Å². The Labute approximate surface area is 141 Å². The second-order valence-corrected chi connectivity index (χ2v) is 6.28. The Morgan fingerprint density at radius 1 is 1.39 bits per heavy atom. The third kappa shape index (κ3) is 5.41. The van der Waals surface area contributed by atoms with Gasteiger partial charge in [0.25, 0.3) is 0 Å². The van der Waals surface area contributed by atoms with E-state index in [9.17, 15) is 13.6 Å². The molecule has 3 N–H and O–H groups in total. The minimum Gasteiger partial charge on any atom is -0.355 e. The van der Waals surface area contributed by atoms with Crippen molar-refractivity contribution in [1.82, 2.24) is 10.2 Å². The van der Waals surface area contributed by atoms with E-state index in [2.05, 4.69) is 17.1 Å². The highest BCUT2D eigenvalue weighted by Crippen LogP contribution is 2.27. The zero-order valence-corrected chi connectivity index (χ0v) is 14.1. The van der Waals surface area contributed by atoms with Gasteiger partial charge in [0.15, 0.2) is 0 Å². The van der Waals surface area contributed by atoms with Gasteiger partial charge >= 0.3 is 0 Å². The van der Waals surface area contributed by atoms with Crippen molar-refractivity contribution >= 4 is 18.3 Å². The molecule has 4 nitrogen and oxygen atoms in total. The summed E-state index contributed by atoms with van der Waals surface area (Å²) in [7, 11) is 0. The van der Waals surface area contributed by atoms with Crippen LogP contribution in [0.3, 0.4) is 0 Å². The van der Waals surface area contributed by atoms with Gasteiger partial charge in [0.05, 0.1) is 6.54 Å². The van der Waals surface area contributed by atoms with Crippen molar-refractivity contribution < 1.29 is 13.6 Å². The first-order chi connectivity index (χ1) is 10.4. The lowest BCUT2D eigenvalue weighted by Crippen LogP contribution is -2.39. The molecule has 2 rings (SSSR count). The Morgan fingerprint density at radius 2 is 2.04 bits per heavy atom. The van der Waals surface area contributed by atoms with Gasteiger partial charge in [-0.25, -0.2) is 8.78 Å². The largest absolute Gasteiger partial charge is 0.355 e. The summed E-state index contributed by atoms with van der Waals surface area (Å²) in [5.41, 5.74) is 5.83. The molecule has 1 aromatic rings. The number of nitrogens with one attached hydrogen (secondary N) is 1. The first kappa shape index (κ1) is 19.8. The van der Waals surface area contributed by atoms with Crippen LogP contribution in [0.4, 0.5) is 8.78 Å². The molecular weight excluding hydrogens is 324 g/mol. The van der Waals surface area contributed by atoms with Crippen molar-refractivity contribution in [2.75, 3.05) is 32.7 Å². The zero-order chi connectivity index (χ0) is 16.2. The Balaban J connectivity index is 0.00000264. The molecule has 1 unspecified atom stereocenters. The Bertz CT molecular complexity index is 524. The van der Waals surface area contributed by atoms with Crippen LogP contribution in [0.25, 0.3) is 0 Å². The summed E-state index contributed by atoms with van der Waals surface area (Å²) in [5.74, 6) is -1.28. The quantitative estimate of drug-likeness (QED) is 0.823. The van der Waals surface area contributed by atoms with Gasteiger partial charge < -0.3 is 11.1 Å². The van der Waals surface area contributed by atoms with Crippen LogP contribution in [-0.2, 0) is 11.2 Å². The highest BCUT2D eigenvalue weighted by Gasteiger charge is 2.32. The van der Waals surface area contributed by atoms with Gasteiger partial charge in [0.1, 0.15) is 11.6 Å². The van der Waals surface area contributed by atoms with E-state index in [0.717, 1.165) is 19.5 Å². The van der Waals surface area contributed by atoms with E-state index in [0.29, 0.717) is 13.1 Å². The molecule has 1 saturated heterocycles. The van der Waals surface area contributed by atoms with Crippen molar-refractivity contribution in [1.29, 1.82) is 0 Å². The fourth-order valence-electron chi connectivity index (χ4n) is 2.78. The van der Waals surface area contributed by atoms with Crippen LogP contribution >= 0.6 is 12.4 Å². The number of rotatable bonds is 6. The normalized spacial score (nSPS) is 21.0. The summed E-state index contributed by atoms with van der Waals surface area (Å²) >= 11 is 0. The molecule has 1 fully saturated rings. The molecule has 1 atom stereocenters. The minimum absolute atomic E-state index is 0. The molecule has 1 aliphatic rings. The van der Waals surface area contributed by atoms with E-state index >= 15 is 0 Å². The smallest absolute Gasteiger partial charge is 0.234 e. The Morgan fingerprint density at radius 3 is 2.61 bits per heavy atom. The maximum atomic E-state index is 13.5. The number of hydrogen-bond acceptors (Lipinski definition) is 3. The van der Waals surface area contributed by atoms with E-state index in [4.69, 9.17) is 5.73 Å². The predicted molar refractivity (Wildman–Crippen MR) is 88.5 cm³/mol. The van der Waals surface area contributed by atoms with Gasteiger partial charge in [0.2, 0.25) is 5.91 Å². The molecule has 130 valence electrons. The predicted octanol–water partition coefficient (Wildman–Crippen LogP) is 1.72. The molecule has 7 heteroatoms. The standard InChI is InChI=1S/C16H23F2N3O.ClH/c1-16(10-19)6-8-21(11-16)9-15(22)20-7-5-12-13(17)3-2-4-14(12)18;/h2-4H,5-11,19H2,1H3,(H,20,22);1H. The van der Waals surface area contributed by atoms with Gasteiger partial charge in [-0.05, 0) is 43.5 Å². The average Bonchev–Trinajstić information content (AvgIpc) is 2.84. The number of likely N-dealkylation sites (tertiary alicyclic amines) is 1. The van der Waals surface area contributed by atoms with Crippen LogP contribution in [0.1, 0.15) is 18.9 Å². The van der Waals surface area contributed by atoms with E-state index < -0.39 is 11.6 Å². The molecule has 23 heavy (non-hydrogen) atoms. The second kappa shape index (κ2) is 8.57. The Hall–Kier alpha value is -1.24. The number of carbonyl (C=O) groups excluding carboxylic acids is 1. The van der Waals surface area contributed by atoms with Gasteiger partial charge in [0, 0.05) is 18.7 Å². The van der Waals surface area contributed by atoms with Crippen molar-refractivity contribution in [3.05, 3.63) is 35.4 Å². The van der Waals surface area contributed by atoms with Gasteiger partial charge in [-0.15, -0.1) is 12.4 Å². The highest BCUT2D eigenvalue weighted by atomic mass is 35.5. The van der Waals surface area contributed by atoms with Gasteiger partial charge in [-0.3, -0.25) is 9.69 Å². The molecule has 1 amide bonds. The number of nitrogens with two attached hydrogens (primary N) is 1. The van der Waals surface area contributed by atoms with Crippen LogP contribution in [0.2, 0.25) is 0 Å². The molecule has 0 aromatic heterocycles. The minimum atomic E-state index is -0.576. The number of hydrogen-bond donors (Lipinski definition) is 2. The number of benzene rings is 1.